The summed E-state index contributed by atoms with van der Waals surface area (Å²) in [5, 5.41) is 3.53. The molecule has 0 saturated heterocycles. The summed E-state index contributed by atoms with van der Waals surface area (Å²) in [5.41, 5.74) is 3.21. The molecule has 0 radical (unpaired) electrons. The summed E-state index contributed by atoms with van der Waals surface area (Å²) < 4.78 is 5.87. The first kappa shape index (κ1) is 22.3. The Labute approximate surface area is 182 Å². The number of thiazole rings is 1. The molecule has 2 heterocycles. The Hall–Kier alpha value is -2.41. The maximum absolute atomic E-state index is 12.3. The Kier molecular flexibility index (Phi) is 7.48. The maximum atomic E-state index is 12.3. The van der Waals surface area contributed by atoms with E-state index in [1.807, 2.05) is 36.9 Å². The number of hydrogen-bond acceptors (Lipinski definition) is 5. The number of ether oxygens (including phenoxy) is 1. The van der Waals surface area contributed by atoms with Gasteiger partial charge in [0.2, 0.25) is 11.8 Å². The Morgan fingerprint density at radius 2 is 2.00 bits per heavy atom. The molecule has 0 unspecified atom stereocenters. The minimum atomic E-state index is -0.0565. The second-order valence-electron chi connectivity index (χ2n) is 8.27. The van der Waals surface area contributed by atoms with Crippen LogP contribution in [-0.2, 0) is 22.6 Å². The molecular formula is C23H31N3O3S. The number of fused-ring (bicyclic) bond motifs is 1. The van der Waals surface area contributed by atoms with E-state index in [1.165, 1.54) is 11.3 Å². The number of amides is 2. The zero-order valence-electron chi connectivity index (χ0n) is 18.3. The van der Waals surface area contributed by atoms with Crippen LogP contribution >= 0.6 is 11.3 Å². The molecule has 7 heteroatoms. The lowest BCUT2D eigenvalue weighted by atomic mass is 10.1. The highest BCUT2D eigenvalue weighted by Gasteiger charge is 2.24. The number of nitrogens with zero attached hydrogens (tertiary/aromatic N) is 2. The number of hydrogen-bond donors (Lipinski definition) is 1. The summed E-state index contributed by atoms with van der Waals surface area (Å²) in [6.45, 7) is 9.96. The van der Waals surface area contributed by atoms with Crippen molar-refractivity contribution in [2.75, 3.05) is 18.5 Å². The molecule has 1 aromatic carbocycles. The van der Waals surface area contributed by atoms with Crippen LogP contribution in [0.5, 0.6) is 5.75 Å². The van der Waals surface area contributed by atoms with Gasteiger partial charge in [0.15, 0.2) is 5.13 Å². The topological polar surface area (TPSA) is 71.5 Å². The third-order valence-corrected chi connectivity index (χ3v) is 6.11. The largest absolute Gasteiger partial charge is 0.493 e. The number of nitrogens with one attached hydrogen (secondary N) is 1. The number of para-hydroxylation sites is 1. The molecule has 3 rings (SSSR count). The molecule has 1 aromatic heterocycles. The van der Waals surface area contributed by atoms with Crippen molar-refractivity contribution in [3.8, 4) is 5.75 Å². The van der Waals surface area contributed by atoms with Crippen LogP contribution in [0.15, 0.2) is 18.2 Å². The van der Waals surface area contributed by atoms with Gasteiger partial charge in [0.25, 0.3) is 0 Å². The standard InChI is InChI=1S/C23H31N3O3S/c1-15(2)13-21(28)26-11-10-18-19(14-26)30-23(24-18)25-20(27)9-6-12-29-22-16(3)7-5-8-17(22)4/h5,7-8,15H,6,9-14H2,1-4H3,(H,24,25,27). The summed E-state index contributed by atoms with van der Waals surface area (Å²) >= 11 is 1.48. The van der Waals surface area contributed by atoms with E-state index in [2.05, 4.69) is 24.1 Å². The molecule has 0 spiro atoms. The second kappa shape index (κ2) is 10.1. The van der Waals surface area contributed by atoms with Crippen molar-refractivity contribution >= 4 is 28.3 Å². The molecule has 162 valence electrons. The van der Waals surface area contributed by atoms with Gasteiger partial charge >= 0.3 is 0 Å². The SMILES string of the molecule is Cc1cccc(C)c1OCCCC(=O)Nc1nc2c(s1)CN(C(=O)CC(C)C)CC2. The fraction of sp³-hybridized carbons (Fsp3) is 0.522. The van der Waals surface area contributed by atoms with Crippen molar-refractivity contribution in [2.24, 2.45) is 5.92 Å². The van der Waals surface area contributed by atoms with Crippen LogP contribution in [0.1, 0.15) is 54.8 Å². The van der Waals surface area contributed by atoms with Gasteiger partial charge in [-0.2, -0.15) is 0 Å². The van der Waals surface area contributed by atoms with Crippen LogP contribution in [0.25, 0.3) is 0 Å². The molecule has 1 aliphatic rings. The highest BCUT2D eigenvalue weighted by molar-refractivity contribution is 7.15. The number of carbonyl (C=O) groups excluding carboxylic acids is 2. The van der Waals surface area contributed by atoms with Gasteiger partial charge in [-0.25, -0.2) is 4.98 Å². The second-order valence-corrected chi connectivity index (χ2v) is 9.36. The first-order valence-corrected chi connectivity index (χ1v) is 11.4. The number of carbonyl (C=O) groups is 2. The van der Waals surface area contributed by atoms with Gasteiger partial charge in [0.1, 0.15) is 5.75 Å². The van der Waals surface area contributed by atoms with Crippen LogP contribution in [-0.4, -0.2) is 34.8 Å². The predicted octanol–water partition coefficient (Wildman–Crippen LogP) is 4.49. The Morgan fingerprint density at radius 1 is 1.27 bits per heavy atom. The molecular weight excluding hydrogens is 398 g/mol. The number of aryl methyl sites for hydroxylation is 2. The fourth-order valence-electron chi connectivity index (χ4n) is 3.56. The Bertz CT molecular complexity index is 887. The lowest BCUT2D eigenvalue weighted by Crippen LogP contribution is -2.36. The van der Waals surface area contributed by atoms with Gasteiger partial charge in [-0.15, -0.1) is 0 Å². The Balaban J connectivity index is 1.45. The summed E-state index contributed by atoms with van der Waals surface area (Å²) in [4.78, 5) is 32.2. The molecule has 1 aliphatic heterocycles. The first-order chi connectivity index (χ1) is 14.3. The fourth-order valence-corrected chi connectivity index (χ4v) is 4.60. The molecule has 2 aromatic rings. The average Bonchev–Trinajstić information content (AvgIpc) is 3.07. The van der Waals surface area contributed by atoms with Crippen LogP contribution in [0.3, 0.4) is 0 Å². The quantitative estimate of drug-likeness (QED) is 0.628. The van der Waals surface area contributed by atoms with Gasteiger partial charge in [0, 0.05) is 30.7 Å². The van der Waals surface area contributed by atoms with Gasteiger partial charge in [-0.1, -0.05) is 43.4 Å². The minimum Gasteiger partial charge on any atom is -0.493 e. The van der Waals surface area contributed by atoms with Crippen molar-refractivity contribution in [1.82, 2.24) is 9.88 Å². The molecule has 1 N–H and O–H groups in total. The predicted molar refractivity (Wildman–Crippen MR) is 120 cm³/mol. The average molecular weight is 430 g/mol. The lowest BCUT2D eigenvalue weighted by Gasteiger charge is -2.26. The van der Waals surface area contributed by atoms with Crippen molar-refractivity contribution in [2.45, 2.75) is 59.9 Å². The van der Waals surface area contributed by atoms with E-state index < -0.39 is 0 Å². The summed E-state index contributed by atoms with van der Waals surface area (Å²) in [6.07, 6.45) is 2.34. The number of anilines is 1. The molecule has 2 amide bonds. The molecule has 0 atom stereocenters. The number of rotatable bonds is 8. The van der Waals surface area contributed by atoms with Crippen molar-refractivity contribution in [1.29, 1.82) is 0 Å². The molecule has 0 saturated carbocycles. The van der Waals surface area contributed by atoms with Crippen LogP contribution in [0.2, 0.25) is 0 Å². The van der Waals surface area contributed by atoms with Gasteiger partial charge < -0.3 is 15.0 Å². The maximum Gasteiger partial charge on any atom is 0.226 e. The third-order valence-electron chi connectivity index (χ3n) is 5.12. The molecule has 6 nitrogen and oxygen atoms in total. The first-order valence-electron chi connectivity index (χ1n) is 10.6. The van der Waals surface area contributed by atoms with E-state index in [9.17, 15) is 9.59 Å². The van der Waals surface area contributed by atoms with Crippen LogP contribution in [0, 0.1) is 19.8 Å². The molecule has 30 heavy (non-hydrogen) atoms. The Morgan fingerprint density at radius 3 is 2.70 bits per heavy atom. The van der Waals surface area contributed by atoms with E-state index in [4.69, 9.17) is 4.74 Å². The summed E-state index contributed by atoms with van der Waals surface area (Å²) in [7, 11) is 0. The van der Waals surface area contributed by atoms with Gasteiger partial charge in [-0.05, 0) is 37.3 Å². The van der Waals surface area contributed by atoms with Crippen LogP contribution in [0.4, 0.5) is 5.13 Å². The summed E-state index contributed by atoms with van der Waals surface area (Å²) in [6, 6.07) is 6.06. The highest BCUT2D eigenvalue weighted by atomic mass is 32.1. The highest BCUT2D eigenvalue weighted by Crippen LogP contribution is 2.29. The van der Waals surface area contributed by atoms with Crippen molar-refractivity contribution in [3.63, 3.8) is 0 Å². The van der Waals surface area contributed by atoms with Crippen molar-refractivity contribution < 1.29 is 14.3 Å². The van der Waals surface area contributed by atoms with E-state index in [1.54, 1.807) is 0 Å². The monoisotopic (exact) mass is 429 g/mol. The van der Waals surface area contributed by atoms with Crippen molar-refractivity contribution in [3.05, 3.63) is 39.9 Å². The smallest absolute Gasteiger partial charge is 0.226 e. The molecule has 0 fully saturated rings. The van der Waals surface area contributed by atoms with E-state index in [0.717, 1.165) is 33.9 Å². The zero-order valence-corrected chi connectivity index (χ0v) is 19.1. The molecule has 0 aliphatic carbocycles. The normalized spacial score (nSPS) is 13.3. The number of benzene rings is 1. The lowest BCUT2D eigenvalue weighted by molar-refractivity contribution is -0.132. The summed E-state index contributed by atoms with van der Waals surface area (Å²) in [5.74, 6) is 1.40. The van der Waals surface area contributed by atoms with E-state index >= 15 is 0 Å². The van der Waals surface area contributed by atoms with E-state index in [0.29, 0.717) is 50.0 Å². The van der Waals surface area contributed by atoms with E-state index in [-0.39, 0.29) is 11.8 Å². The third kappa shape index (κ3) is 5.81. The molecule has 0 bridgehead atoms. The van der Waals surface area contributed by atoms with Crippen LogP contribution < -0.4 is 10.1 Å². The number of aromatic nitrogens is 1. The zero-order chi connectivity index (χ0) is 21.7. The van der Waals surface area contributed by atoms with Gasteiger partial charge in [0.05, 0.1) is 18.8 Å². The minimum absolute atomic E-state index is 0.0565. The van der Waals surface area contributed by atoms with Gasteiger partial charge in [-0.3, -0.25) is 9.59 Å².